The third-order valence-electron chi connectivity index (χ3n) is 1.69. The Balaban J connectivity index is 2.90. The lowest BCUT2D eigenvalue weighted by Gasteiger charge is -1.86. The second kappa shape index (κ2) is 2.48. The average Bonchev–Trinajstić information content (AvgIpc) is 2.45. The standard InChI is InChI=1S/C8H6N2O3/c9-8(12)10-7(11)5-3-1-2-4-6(5)13-10/h1-4H,(H2,9,12). The van der Waals surface area contributed by atoms with Crippen molar-refractivity contribution in [1.82, 2.24) is 4.74 Å². The zero-order valence-corrected chi connectivity index (χ0v) is 6.56. The number of aromatic nitrogens is 1. The summed E-state index contributed by atoms with van der Waals surface area (Å²) in [4.78, 5) is 22.0. The summed E-state index contributed by atoms with van der Waals surface area (Å²) in [6.07, 6.45) is 0. The van der Waals surface area contributed by atoms with E-state index in [9.17, 15) is 9.59 Å². The van der Waals surface area contributed by atoms with Gasteiger partial charge >= 0.3 is 6.03 Å². The highest BCUT2D eigenvalue weighted by molar-refractivity contribution is 5.81. The zero-order chi connectivity index (χ0) is 9.42. The third-order valence-corrected chi connectivity index (χ3v) is 1.69. The highest BCUT2D eigenvalue weighted by atomic mass is 16.5. The predicted octanol–water partition coefficient (Wildman–Crippen LogP) is 0.521. The van der Waals surface area contributed by atoms with Crippen LogP contribution >= 0.6 is 0 Å². The maximum atomic E-state index is 11.3. The molecule has 66 valence electrons. The van der Waals surface area contributed by atoms with E-state index < -0.39 is 11.6 Å². The Morgan fingerprint density at radius 2 is 2.08 bits per heavy atom. The molecule has 5 heteroatoms. The van der Waals surface area contributed by atoms with Gasteiger partial charge in [-0.2, -0.15) is 0 Å². The summed E-state index contributed by atoms with van der Waals surface area (Å²) in [5, 5.41) is 0.348. The number of rotatable bonds is 0. The molecular formula is C8H6N2O3. The van der Waals surface area contributed by atoms with Gasteiger partial charge in [0.15, 0.2) is 5.58 Å². The van der Waals surface area contributed by atoms with Crippen LogP contribution in [0.4, 0.5) is 4.79 Å². The van der Waals surface area contributed by atoms with Gasteiger partial charge in [-0.25, -0.2) is 4.79 Å². The number of hydrogen-bond acceptors (Lipinski definition) is 3. The van der Waals surface area contributed by atoms with Crippen molar-refractivity contribution in [2.75, 3.05) is 0 Å². The smallest absolute Gasteiger partial charge is 0.355 e. The molecule has 1 aromatic carbocycles. The first-order valence-electron chi connectivity index (χ1n) is 3.61. The van der Waals surface area contributed by atoms with Crippen molar-refractivity contribution in [3.63, 3.8) is 0 Å². The van der Waals surface area contributed by atoms with Gasteiger partial charge in [0.1, 0.15) is 0 Å². The minimum Gasteiger partial charge on any atom is -0.366 e. The van der Waals surface area contributed by atoms with Crippen LogP contribution in [-0.2, 0) is 0 Å². The van der Waals surface area contributed by atoms with Crippen LogP contribution < -0.4 is 11.3 Å². The number of benzene rings is 1. The summed E-state index contributed by atoms with van der Waals surface area (Å²) in [6.45, 7) is 0. The van der Waals surface area contributed by atoms with Crippen LogP contribution in [0.1, 0.15) is 0 Å². The Hall–Kier alpha value is -2.04. The molecule has 2 N–H and O–H groups in total. The summed E-state index contributed by atoms with van der Waals surface area (Å²) < 4.78 is 5.42. The Bertz CT molecular complexity index is 523. The number of nitrogens with two attached hydrogens (primary N) is 1. The van der Waals surface area contributed by atoms with E-state index >= 15 is 0 Å². The minimum absolute atomic E-state index is 0.348. The average molecular weight is 178 g/mol. The molecule has 1 heterocycles. The lowest BCUT2D eigenvalue weighted by atomic mass is 10.3. The molecule has 13 heavy (non-hydrogen) atoms. The van der Waals surface area contributed by atoms with Gasteiger partial charge in [0.2, 0.25) is 0 Å². The van der Waals surface area contributed by atoms with E-state index in [4.69, 9.17) is 10.3 Å². The molecule has 0 fully saturated rings. The maximum Gasteiger partial charge on any atom is 0.355 e. The second-order valence-electron chi connectivity index (χ2n) is 2.53. The van der Waals surface area contributed by atoms with Crippen LogP contribution in [0, 0.1) is 0 Å². The largest absolute Gasteiger partial charge is 0.366 e. The Morgan fingerprint density at radius 1 is 1.38 bits per heavy atom. The Morgan fingerprint density at radius 3 is 2.69 bits per heavy atom. The topological polar surface area (TPSA) is 78.2 Å². The van der Waals surface area contributed by atoms with Crippen molar-refractivity contribution in [2.24, 2.45) is 5.73 Å². The van der Waals surface area contributed by atoms with Crippen molar-refractivity contribution in [1.29, 1.82) is 0 Å². The first-order chi connectivity index (χ1) is 6.20. The number of hydrogen-bond donors (Lipinski definition) is 1. The van der Waals surface area contributed by atoms with Crippen LogP contribution in [0.2, 0.25) is 0 Å². The number of fused-ring (bicyclic) bond motifs is 1. The molecule has 0 aliphatic heterocycles. The first-order valence-corrected chi connectivity index (χ1v) is 3.61. The van der Waals surface area contributed by atoms with Crippen molar-refractivity contribution >= 4 is 17.0 Å². The molecule has 0 aliphatic carbocycles. The van der Waals surface area contributed by atoms with Crippen LogP contribution in [0.15, 0.2) is 33.6 Å². The number of amides is 1. The van der Waals surface area contributed by atoms with Crippen molar-refractivity contribution < 1.29 is 9.32 Å². The zero-order valence-electron chi connectivity index (χ0n) is 6.56. The van der Waals surface area contributed by atoms with Crippen LogP contribution in [0.3, 0.4) is 0 Å². The number of para-hydroxylation sites is 1. The van der Waals surface area contributed by atoms with Crippen LogP contribution in [-0.4, -0.2) is 10.8 Å². The quantitative estimate of drug-likeness (QED) is 0.638. The molecule has 0 unspecified atom stereocenters. The summed E-state index contributed by atoms with van der Waals surface area (Å²) in [7, 11) is 0. The Kier molecular flexibility index (Phi) is 1.45. The molecule has 0 radical (unpaired) electrons. The van der Waals surface area contributed by atoms with E-state index in [2.05, 4.69) is 0 Å². The number of primary amides is 1. The van der Waals surface area contributed by atoms with E-state index in [0.29, 0.717) is 15.7 Å². The number of carbonyl (C=O) groups excluding carboxylic acids is 1. The van der Waals surface area contributed by atoms with Gasteiger partial charge in [-0.3, -0.25) is 4.79 Å². The van der Waals surface area contributed by atoms with Gasteiger partial charge in [0.05, 0.1) is 5.39 Å². The third kappa shape index (κ3) is 1.01. The highest BCUT2D eigenvalue weighted by Crippen LogP contribution is 2.08. The van der Waals surface area contributed by atoms with Crippen molar-refractivity contribution in [3.8, 4) is 0 Å². The van der Waals surface area contributed by atoms with Gasteiger partial charge in [0.25, 0.3) is 5.56 Å². The Labute approximate surface area is 72.3 Å². The molecule has 0 aliphatic rings. The van der Waals surface area contributed by atoms with Gasteiger partial charge in [-0.15, -0.1) is 0 Å². The molecular weight excluding hydrogens is 172 g/mol. The molecule has 5 nitrogen and oxygen atoms in total. The summed E-state index contributed by atoms with van der Waals surface area (Å²) >= 11 is 0. The van der Waals surface area contributed by atoms with Gasteiger partial charge < -0.3 is 10.3 Å². The second-order valence-corrected chi connectivity index (χ2v) is 2.53. The normalized spacial score (nSPS) is 10.5. The number of carbonyl (C=O) groups is 1. The van der Waals surface area contributed by atoms with Gasteiger partial charge in [-0.05, 0) is 12.1 Å². The fourth-order valence-corrected chi connectivity index (χ4v) is 1.12. The lowest BCUT2D eigenvalue weighted by molar-refractivity contribution is 0.222. The fourth-order valence-electron chi connectivity index (χ4n) is 1.12. The molecule has 1 amide bonds. The minimum atomic E-state index is -0.916. The molecule has 1 aromatic heterocycles. The molecule has 0 spiro atoms. The van der Waals surface area contributed by atoms with Gasteiger partial charge in [-0.1, -0.05) is 16.9 Å². The molecule has 0 bridgehead atoms. The summed E-state index contributed by atoms with van der Waals surface area (Å²) in [5.74, 6) is 0. The molecule has 2 rings (SSSR count). The van der Waals surface area contributed by atoms with Crippen LogP contribution in [0.5, 0.6) is 0 Å². The summed E-state index contributed by atoms with van der Waals surface area (Å²) in [5.41, 5.74) is 4.74. The molecule has 0 saturated heterocycles. The summed E-state index contributed by atoms with van der Waals surface area (Å²) in [6, 6.07) is 5.64. The fraction of sp³-hybridized carbons (Fsp3) is 0. The number of nitrogens with zero attached hydrogens (tertiary/aromatic N) is 1. The van der Waals surface area contributed by atoms with Crippen LogP contribution in [0.25, 0.3) is 11.0 Å². The highest BCUT2D eigenvalue weighted by Gasteiger charge is 2.11. The lowest BCUT2D eigenvalue weighted by Crippen LogP contribution is -2.27. The van der Waals surface area contributed by atoms with E-state index in [1.807, 2.05) is 0 Å². The van der Waals surface area contributed by atoms with E-state index in [1.54, 1.807) is 24.3 Å². The van der Waals surface area contributed by atoms with E-state index in [1.165, 1.54) is 0 Å². The molecule has 0 saturated carbocycles. The maximum absolute atomic E-state index is 11.3. The van der Waals surface area contributed by atoms with Crippen molar-refractivity contribution in [2.45, 2.75) is 0 Å². The SMILES string of the molecule is NC(=O)n1oc2ccccc2c1=O. The molecule has 0 atom stereocenters. The predicted molar refractivity (Wildman–Crippen MR) is 45.5 cm³/mol. The monoisotopic (exact) mass is 178 g/mol. The van der Waals surface area contributed by atoms with Crippen molar-refractivity contribution in [3.05, 3.63) is 34.6 Å². The van der Waals surface area contributed by atoms with E-state index in [-0.39, 0.29) is 0 Å². The van der Waals surface area contributed by atoms with E-state index in [0.717, 1.165) is 0 Å². The first kappa shape index (κ1) is 7.60. The van der Waals surface area contributed by atoms with Gasteiger partial charge in [0, 0.05) is 0 Å². The molecule has 2 aromatic rings.